The lowest BCUT2D eigenvalue weighted by molar-refractivity contribution is 0.103. The normalized spacial score (nSPS) is 14.8. The van der Waals surface area contributed by atoms with Crippen LogP contribution in [0, 0.1) is 12.4 Å². The largest absolute Gasteiger partial charge is 0.345 e. The van der Waals surface area contributed by atoms with E-state index in [-0.39, 0.29) is 22.5 Å². The van der Waals surface area contributed by atoms with Crippen LogP contribution in [-0.2, 0) is 10.0 Å². The fourth-order valence-electron chi connectivity index (χ4n) is 3.61. The number of aromatic nitrogens is 2. The number of rotatable bonds is 5. The number of pyridine rings is 1. The van der Waals surface area contributed by atoms with Crippen molar-refractivity contribution in [1.82, 2.24) is 9.97 Å². The number of halogens is 1. The van der Waals surface area contributed by atoms with Crippen molar-refractivity contribution in [3.05, 3.63) is 65.0 Å². The number of fused-ring (bicyclic) bond motifs is 1. The van der Waals surface area contributed by atoms with Gasteiger partial charge in [0.25, 0.3) is 0 Å². The van der Waals surface area contributed by atoms with E-state index in [0.29, 0.717) is 23.9 Å². The van der Waals surface area contributed by atoms with E-state index in [1.807, 2.05) is 0 Å². The molecule has 148 valence electrons. The monoisotopic (exact) mass is 412 g/mol. The van der Waals surface area contributed by atoms with Crippen molar-refractivity contribution >= 4 is 38.2 Å². The molecule has 1 fully saturated rings. The van der Waals surface area contributed by atoms with Crippen LogP contribution in [0.4, 0.5) is 15.8 Å². The van der Waals surface area contributed by atoms with Gasteiger partial charge in [0.2, 0.25) is 15.7 Å². The first-order valence-electron chi connectivity index (χ1n) is 9.10. The summed E-state index contributed by atoms with van der Waals surface area (Å²) in [6, 6.07) is 5.53. The summed E-state index contributed by atoms with van der Waals surface area (Å²) in [6.45, 7) is 7.10. The molecular weight excluding hydrogens is 395 g/mol. The van der Waals surface area contributed by atoms with Crippen LogP contribution in [0.3, 0.4) is 0 Å². The van der Waals surface area contributed by atoms with Gasteiger partial charge in [-0.1, -0.05) is 18.9 Å². The zero-order chi connectivity index (χ0) is 20.6. The number of carbonyl (C=O) groups excluding carboxylic acids is 1. The van der Waals surface area contributed by atoms with Crippen LogP contribution >= 0.6 is 0 Å². The summed E-state index contributed by atoms with van der Waals surface area (Å²) >= 11 is 0. The lowest BCUT2D eigenvalue weighted by atomic mass is 10.0. The van der Waals surface area contributed by atoms with Gasteiger partial charge in [-0.15, -0.1) is 0 Å². The molecular formula is C20H17FN4O3S. The molecule has 9 heteroatoms. The Labute approximate surface area is 166 Å². The molecule has 0 amide bonds. The molecule has 29 heavy (non-hydrogen) atoms. The number of aromatic amines is 1. The zero-order valence-electron chi connectivity index (χ0n) is 15.3. The van der Waals surface area contributed by atoms with Crippen LogP contribution in [0.25, 0.3) is 15.9 Å². The predicted octanol–water partition coefficient (Wildman–Crippen LogP) is 4.17. The molecule has 0 saturated heterocycles. The number of sulfonamides is 1. The standard InChI is InChI=1S/C20H17FN4O3S/c1-22-12-9-15-16(11-24-20(15)23-10-12)19(26)14-7-4-8-17(18(14)21)25-29(27,28)13-5-2-3-6-13/h4,7-11,13,25H,2-3,5-6H2,(H,23,24). The van der Waals surface area contributed by atoms with E-state index in [4.69, 9.17) is 6.57 Å². The molecule has 1 aromatic carbocycles. The maximum atomic E-state index is 15.1. The predicted molar refractivity (Wildman–Crippen MR) is 107 cm³/mol. The van der Waals surface area contributed by atoms with Crippen LogP contribution in [0.5, 0.6) is 0 Å². The fourth-order valence-corrected chi connectivity index (χ4v) is 5.19. The maximum Gasteiger partial charge on any atom is 0.235 e. The Hall–Kier alpha value is -3.25. The van der Waals surface area contributed by atoms with Gasteiger partial charge in [0.15, 0.2) is 11.6 Å². The molecule has 0 radical (unpaired) electrons. The summed E-state index contributed by atoms with van der Waals surface area (Å²) in [4.78, 5) is 23.2. The fraction of sp³-hybridized carbons (Fsp3) is 0.250. The molecule has 3 aromatic rings. The van der Waals surface area contributed by atoms with Crippen molar-refractivity contribution in [2.75, 3.05) is 4.72 Å². The van der Waals surface area contributed by atoms with Crippen molar-refractivity contribution < 1.29 is 17.6 Å². The van der Waals surface area contributed by atoms with E-state index in [2.05, 4.69) is 19.5 Å². The average molecular weight is 412 g/mol. The lowest BCUT2D eigenvalue weighted by Crippen LogP contribution is -2.26. The Morgan fingerprint density at radius 1 is 1.28 bits per heavy atom. The smallest absolute Gasteiger partial charge is 0.235 e. The third-order valence-electron chi connectivity index (χ3n) is 5.13. The van der Waals surface area contributed by atoms with Crippen molar-refractivity contribution in [2.45, 2.75) is 30.9 Å². The van der Waals surface area contributed by atoms with Gasteiger partial charge >= 0.3 is 0 Å². The Morgan fingerprint density at radius 3 is 2.76 bits per heavy atom. The number of hydrogen-bond donors (Lipinski definition) is 2. The average Bonchev–Trinajstić information content (AvgIpc) is 3.39. The summed E-state index contributed by atoms with van der Waals surface area (Å²) < 4.78 is 42.4. The summed E-state index contributed by atoms with van der Waals surface area (Å²) in [5.41, 5.74) is 0.310. The lowest BCUT2D eigenvalue weighted by Gasteiger charge is -2.15. The third kappa shape index (κ3) is 3.47. The number of H-pyrrole nitrogens is 1. The van der Waals surface area contributed by atoms with Crippen molar-refractivity contribution in [3.63, 3.8) is 0 Å². The highest BCUT2D eigenvalue weighted by atomic mass is 32.2. The molecule has 0 atom stereocenters. The zero-order valence-corrected chi connectivity index (χ0v) is 16.1. The minimum absolute atomic E-state index is 0.160. The van der Waals surface area contributed by atoms with E-state index < -0.39 is 26.9 Å². The molecule has 1 aliphatic rings. The van der Waals surface area contributed by atoms with E-state index in [0.717, 1.165) is 12.8 Å². The summed E-state index contributed by atoms with van der Waals surface area (Å²) in [7, 11) is -3.73. The molecule has 2 aromatic heterocycles. The first-order valence-corrected chi connectivity index (χ1v) is 10.6. The van der Waals surface area contributed by atoms with Gasteiger partial charge < -0.3 is 4.98 Å². The summed E-state index contributed by atoms with van der Waals surface area (Å²) in [5, 5.41) is -0.146. The first kappa shape index (κ1) is 19.1. The van der Waals surface area contributed by atoms with Crippen LogP contribution < -0.4 is 4.72 Å². The molecule has 0 aliphatic heterocycles. The van der Waals surface area contributed by atoms with Gasteiger partial charge in [-0.3, -0.25) is 14.5 Å². The number of ketones is 1. The molecule has 0 spiro atoms. The summed E-state index contributed by atoms with van der Waals surface area (Å²) in [5.74, 6) is -1.55. The van der Waals surface area contributed by atoms with Crippen LogP contribution in [0.2, 0.25) is 0 Å². The highest BCUT2D eigenvalue weighted by molar-refractivity contribution is 7.93. The van der Waals surface area contributed by atoms with Crippen molar-refractivity contribution in [3.8, 4) is 0 Å². The van der Waals surface area contributed by atoms with Crippen LogP contribution in [0.1, 0.15) is 41.6 Å². The van der Waals surface area contributed by atoms with Gasteiger partial charge in [0.05, 0.1) is 23.1 Å². The number of anilines is 1. The van der Waals surface area contributed by atoms with Gasteiger partial charge in [-0.2, -0.15) is 0 Å². The van der Waals surface area contributed by atoms with Crippen LogP contribution in [-0.4, -0.2) is 29.4 Å². The number of carbonyl (C=O) groups is 1. The minimum atomic E-state index is -3.73. The van der Waals surface area contributed by atoms with Crippen LogP contribution in [0.15, 0.2) is 36.7 Å². The Morgan fingerprint density at radius 2 is 2.03 bits per heavy atom. The highest BCUT2D eigenvalue weighted by Gasteiger charge is 2.30. The summed E-state index contributed by atoms with van der Waals surface area (Å²) in [6.07, 6.45) is 5.52. The maximum absolute atomic E-state index is 15.1. The van der Waals surface area contributed by atoms with E-state index in [1.165, 1.54) is 36.7 Å². The molecule has 1 saturated carbocycles. The molecule has 0 unspecified atom stereocenters. The van der Waals surface area contributed by atoms with Gasteiger partial charge in [-0.25, -0.2) is 17.7 Å². The Kier molecular flexibility index (Phi) is 4.80. The van der Waals surface area contributed by atoms with Crippen molar-refractivity contribution in [2.24, 2.45) is 0 Å². The second kappa shape index (κ2) is 7.29. The third-order valence-corrected chi connectivity index (χ3v) is 6.98. The van der Waals surface area contributed by atoms with E-state index in [1.54, 1.807) is 0 Å². The second-order valence-electron chi connectivity index (χ2n) is 6.95. The van der Waals surface area contributed by atoms with Gasteiger partial charge in [-0.05, 0) is 31.0 Å². The highest BCUT2D eigenvalue weighted by Crippen LogP contribution is 2.29. The SMILES string of the molecule is [C-]#[N+]c1cnc2[nH]cc(C(=O)c3cccc(NS(=O)(=O)C4CCCC4)c3F)c2c1. The van der Waals surface area contributed by atoms with Crippen molar-refractivity contribution in [1.29, 1.82) is 0 Å². The van der Waals surface area contributed by atoms with Gasteiger partial charge in [0, 0.05) is 23.3 Å². The molecule has 2 heterocycles. The minimum Gasteiger partial charge on any atom is -0.345 e. The number of benzene rings is 1. The van der Waals surface area contributed by atoms with Gasteiger partial charge in [0.1, 0.15) is 5.65 Å². The number of hydrogen-bond acceptors (Lipinski definition) is 4. The van der Waals surface area contributed by atoms with E-state index in [9.17, 15) is 13.2 Å². The first-order chi connectivity index (χ1) is 13.9. The van der Waals surface area contributed by atoms with E-state index >= 15 is 4.39 Å². The molecule has 4 rings (SSSR count). The topological polar surface area (TPSA) is 96.3 Å². The molecule has 2 N–H and O–H groups in total. The molecule has 7 nitrogen and oxygen atoms in total. The Bertz CT molecular complexity index is 1250. The number of nitrogens with one attached hydrogen (secondary N) is 2. The molecule has 0 bridgehead atoms. The number of nitrogens with zero attached hydrogens (tertiary/aromatic N) is 2. The molecule has 1 aliphatic carbocycles. The Balaban J connectivity index is 1.70. The quantitative estimate of drug-likeness (QED) is 0.486. The second-order valence-corrected chi connectivity index (χ2v) is 8.91.